The van der Waals surface area contributed by atoms with Crippen molar-refractivity contribution in [1.82, 2.24) is 0 Å². The van der Waals surface area contributed by atoms with Crippen LogP contribution in [-0.2, 0) is 0 Å². The second-order valence-corrected chi connectivity index (χ2v) is 5.30. The lowest BCUT2D eigenvalue weighted by atomic mass is 10.1. The van der Waals surface area contributed by atoms with Gasteiger partial charge in [-0.15, -0.1) is 0 Å². The van der Waals surface area contributed by atoms with Crippen molar-refractivity contribution in [3.63, 3.8) is 0 Å². The summed E-state index contributed by atoms with van der Waals surface area (Å²) in [6, 6.07) is 12.7. The van der Waals surface area contributed by atoms with Crippen LogP contribution in [0.3, 0.4) is 0 Å². The Morgan fingerprint density at radius 3 is 2.42 bits per heavy atom. The van der Waals surface area contributed by atoms with Gasteiger partial charge in [0.1, 0.15) is 0 Å². The monoisotopic (exact) mass is 324 g/mol. The molecule has 0 radical (unpaired) electrons. The number of rotatable bonds is 3. The number of hydrogen-bond donors (Lipinski definition) is 4. The van der Waals surface area contributed by atoms with Crippen LogP contribution in [-0.4, -0.2) is 17.8 Å². The van der Waals surface area contributed by atoms with Crippen LogP contribution < -0.4 is 22.5 Å². The molecule has 0 fully saturated rings. The molecule has 124 valence electrons. The summed E-state index contributed by atoms with van der Waals surface area (Å²) in [5.74, 6) is -0.504. The number of amides is 1. The average molecular weight is 324 g/mol. The molecule has 2 aromatic carbocycles. The average Bonchev–Trinajstić information content (AvgIpc) is 2.49. The Hall–Kier alpha value is -3.35. The highest BCUT2D eigenvalue weighted by molar-refractivity contribution is 6.07. The predicted octanol–water partition coefficient (Wildman–Crippen LogP) is 1.78. The predicted molar refractivity (Wildman–Crippen MR) is 97.4 cm³/mol. The Balaban J connectivity index is 2.36. The lowest BCUT2D eigenvalue weighted by Gasteiger charge is -2.11. The molecular weight excluding hydrogens is 304 g/mol. The molecule has 0 heterocycles. The van der Waals surface area contributed by atoms with Gasteiger partial charge in [-0.3, -0.25) is 4.79 Å². The highest BCUT2D eigenvalue weighted by atomic mass is 16.1. The van der Waals surface area contributed by atoms with Gasteiger partial charge in [-0.05, 0) is 43.2 Å². The molecule has 1 amide bonds. The molecule has 0 saturated carbocycles. The molecule has 0 aliphatic rings. The molecule has 24 heavy (non-hydrogen) atoms. The first-order valence-corrected chi connectivity index (χ1v) is 7.28. The number of carbonyl (C=O) groups is 1. The van der Waals surface area contributed by atoms with E-state index in [1.165, 1.54) is 0 Å². The van der Waals surface area contributed by atoms with Crippen LogP contribution in [0.1, 0.15) is 21.5 Å². The van der Waals surface area contributed by atoms with E-state index in [0.717, 1.165) is 11.1 Å². The normalized spacial score (nSPS) is 11.0. The maximum absolute atomic E-state index is 12.5. The number of hydrogen-bond acceptors (Lipinski definition) is 2. The van der Waals surface area contributed by atoms with Crippen LogP contribution in [0.2, 0.25) is 0 Å². The Morgan fingerprint density at radius 2 is 1.75 bits per heavy atom. The standard InChI is InChI=1S/C17H20N6O/c1-10-7-8-13(14(9-10)22-17(20)23-16(18)19)21-15(24)12-6-4-3-5-11(12)2/h3-9H,1-2H3,(H,21,24)(H6,18,19,20,22,23). The summed E-state index contributed by atoms with van der Waals surface area (Å²) in [7, 11) is 0. The quantitative estimate of drug-likeness (QED) is 0.506. The van der Waals surface area contributed by atoms with Gasteiger partial charge in [-0.2, -0.15) is 4.99 Å². The Kier molecular flexibility index (Phi) is 5.16. The van der Waals surface area contributed by atoms with Crippen LogP contribution in [0, 0.1) is 13.8 Å². The summed E-state index contributed by atoms with van der Waals surface area (Å²) in [5, 5.41) is 2.84. The molecule has 7 N–H and O–H groups in total. The molecule has 2 aromatic rings. The third-order valence-electron chi connectivity index (χ3n) is 3.27. The van der Waals surface area contributed by atoms with Crippen molar-refractivity contribution in [3.05, 3.63) is 59.2 Å². The van der Waals surface area contributed by atoms with Crippen molar-refractivity contribution in [3.8, 4) is 0 Å². The van der Waals surface area contributed by atoms with Gasteiger partial charge in [0.25, 0.3) is 5.91 Å². The number of benzene rings is 2. The van der Waals surface area contributed by atoms with Crippen LogP contribution in [0.25, 0.3) is 0 Å². The maximum Gasteiger partial charge on any atom is 0.255 e. The number of aryl methyl sites for hydroxylation is 2. The van der Waals surface area contributed by atoms with E-state index in [4.69, 9.17) is 17.2 Å². The zero-order chi connectivity index (χ0) is 17.7. The first-order chi connectivity index (χ1) is 11.4. The van der Waals surface area contributed by atoms with Gasteiger partial charge in [-0.1, -0.05) is 24.3 Å². The van der Waals surface area contributed by atoms with E-state index in [1.54, 1.807) is 18.2 Å². The SMILES string of the molecule is Cc1ccc(NC(=O)c2ccccc2C)c(N=C(N)N=C(N)N)c1. The van der Waals surface area contributed by atoms with E-state index in [2.05, 4.69) is 15.3 Å². The minimum Gasteiger partial charge on any atom is -0.370 e. The summed E-state index contributed by atoms with van der Waals surface area (Å²) < 4.78 is 0. The largest absolute Gasteiger partial charge is 0.370 e. The molecule has 2 rings (SSSR count). The van der Waals surface area contributed by atoms with Gasteiger partial charge in [0.05, 0.1) is 11.4 Å². The highest BCUT2D eigenvalue weighted by Gasteiger charge is 2.11. The molecule has 0 atom stereocenters. The lowest BCUT2D eigenvalue weighted by molar-refractivity contribution is 0.102. The van der Waals surface area contributed by atoms with Gasteiger partial charge >= 0.3 is 0 Å². The summed E-state index contributed by atoms with van der Waals surface area (Å²) >= 11 is 0. The van der Waals surface area contributed by atoms with Crippen molar-refractivity contribution in [2.75, 3.05) is 5.32 Å². The Labute approximate surface area is 140 Å². The molecule has 0 bridgehead atoms. The second-order valence-electron chi connectivity index (χ2n) is 5.30. The van der Waals surface area contributed by atoms with Crippen LogP contribution in [0.4, 0.5) is 11.4 Å². The molecule has 7 nitrogen and oxygen atoms in total. The molecule has 0 unspecified atom stereocenters. The first-order valence-electron chi connectivity index (χ1n) is 7.28. The fraction of sp³-hybridized carbons (Fsp3) is 0.118. The summed E-state index contributed by atoms with van der Waals surface area (Å²) in [5.41, 5.74) is 19.7. The zero-order valence-electron chi connectivity index (χ0n) is 13.6. The summed E-state index contributed by atoms with van der Waals surface area (Å²) in [6.07, 6.45) is 0. The van der Waals surface area contributed by atoms with E-state index in [-0.39, 0.29) is 17.8 Å². The number of aliphatic imine (C=N–C) groups is 2. The van der Waals surface area contributed by atoms with Crippen molar-refractivity contribution in [2.24, 2.45) is 27.2 Å². The molecular formula is C17H20N6O. The van der Waals surface area contributed by atoms with Crippen LogP contribution in [0.15, 0.2) is 52.4 Å². The molecule has 0 spiro atoms. The van der Waals surface area contributed by atoms with Crippen molar-refractivity contribution in [1.29, 1.82) is 0 Å². The Morgan fingerprint density at radius 1 is 1.04 bits per heavy atom. The fourth-order valence-electron chi connectivity index (χ4n) is 2.14. The van der Waals surface area contributed by atoms with E-state index in [1.807, 2.05) is 38.1 Å². The molecule has 0 aliphatic heterocycles. The number of carbonyl (C=O) groups excluding carboxylic acids is 1. The minimum absolute atomic E-state index is 0.0907. The Bertz CT molecular complexity index is 822. The number of nitrogens with zero attached hydrogens (tertiary/aromatic N) is 2. The van der Waals surface area contributed by atoms with Crippen molar-refractivity contribution >= 4 is 29.2 Å². The fourth-order valence-corrected chi connectivity index (χ4v) is 2.14. The van der Waals surface area contributed by atoms with Gasteiger partial charge in [-0.25, -0.2) is 4.99 Å². The number of nitrogens with two attached hydrogens (primary N) is 3. The van der Waals surface area contributed by atoms with Crippen molar-refractivity contribution in [2.45, 2.75) is 13.8 Å². The van der Waals surface area contributed by atoms with Gasteiger partial charge in [0.15, 0.2) is 5.96 Å². The zero-order valence-corrected chi connectivity index (χ0v) is 13.6. The molecule has 0 saturated heterocycles. The third kappa shape index (κ3) is 4.33. The van der Waals surface area contributed by atoms with E-state index < -0.39 is 0 Å². The summed E-state index contributed by atoms with van der Waals surface area (Å²) in [6.45, 7) is 3.78. The van der Waals surface area contributed by atoms with E-state index in [0.29, 0.717) is 16.9 Å². The van der Waals surface area contributed by atoms with Gasteiger partial charge < -0.3 is 22.5 Å². The van der Waals surface area contributed by atoms with Crippen LogP contribution in [0.5, 0.6) is 0 Å². The molecule has 0 aliphatic carbocycles. The van der Waals surface area contributed by atoms with Gasteiger partial charge in [0, 0.05) is 5.56 Å². The summed E-state index contributed by atoms with van der Waals surface area (Å²) in [4.78, 5) is 20.3. The van der Waals surface area contributed by atoms with Crippen molar-refractivity contribution < 1.29 is 4.79 Å². The third-order valence-corrected chi connectivity index (χ3v) is 3.27. The highest BCUT2D eigenvalue weighted by Crippen LogP contribution is 2.27. The first kappa shape index (κ1) is 17.0. The van der Waals surface area contributed by atoms with E-state index in [9.17, 15) is 4.79 Å². The smallest absolute Gasteiger partial charge is 0.255 e. The van der Waals surface area contributed by atoms with Crippen LogP contribution >= 0.6 is 0 Å². The van der Waals surface area contributed by atoms with Gasteiger partial charge in [0.2, 0.25) is 5.96 Å². The second kappa shape index (κ2) is 7.28. The number of anilines is 1. The number of guanidine groups is 2. The molecule has 0 aromatic heterocycles. The topological polar surface area (TPSA) is 132 Å². The minimum atomic E-state index is -0.228. The molecule has 7 heteroatoms. The lowest BCUT2D eigenvalue weighted by Crippen LogP contribution is -2.26. The maximum atomic E-state index is 12.5. The van der Waals surface area contributed by atoms with E-state index >= 15 is 0 Å². The number of nitrogens with one attached hydrogen (secondary N) is 1.